The number of benzene rings is 1. The van der Waals surface area contributed by atoms with Crippen molar-refractivity contribution >= 4 is 22.9 Å². The van der Waals surface area contributed by atoms with E-state index >= 15 is 0 Å². The van der Waals surface area contributed by atoms with Crippen molar-refractivity contribution in [2.45, 2.75) is 25.7 Å². The van der Waals surface area contributed by atoms with Crippen LogP contribution in [0.3, 0.4) is 0 Å². The molecule has 0 saturated carbocycles. The van der Waals surface area contributed by atoms with E-state index in [-0.39, 0.29) is 5.92 Å². The second-order valence-corrected chi connectivity index (χ2v) is 6.50. The predicted octanol–water partition coefficient (Wildman–Crippen LogP) is 4.62. The van der Waals surface area contributed by atoms with Crippen LogP contribution in [0.25, 0.3) is 0 Å². The first-order valence-electron chi connectivity index (χ1n) is 6.17. The zero-order valence-corrected chi connectivity index (χ0v) is 12.3. The highest BCUT2D eigenvalue weighted by Crippen LogP contribution is 2.32. The molecule has 1 atom stereocenters. The molecule has 1 heterocycles. The van der Waals surface area contributed by atoms with Crippen LogP contribution < -0.4 is 5.73 Å². The standard InChI is InChI=1S/C15H18ClNS/c1-10(2)11-3-5-12(6-4-11)13(9-17)14-7-8-15(16)18-14/h3-8,10,13H,9,17H2,1-2H3. The van der Waals surface area contributed by atoms with Crippen molar-refractivity contribution in [3.05, 3.63) is 56.7 Å². The van der Waals surface area contributed by atoms with Gasteiger partial charge in [-0.15, -0.1) is 11.3 Å². The highest BCUT2D eigenvalue weighted by Gasteiger charge is 2.14. The maximum atomic E-state index is 5.99. The van der Waals surface area contributed by atoms with E-state index in [2.05, 4.69) is 44.2 Å². The van der Waals surface area contributed by atoms with Gasteiger partial charge in [0.2, 0.25) is 0 Å². The molecule has 0 aliphatic rings. The molecule has 2 N–H and O–H groups in total. The molecular weight excluding hydrogens is 262 g/mol. The van der Waals surface area contributed by atoms with Crippen LogP contribution in [0.1, 0.15) is 41.7 Å². The van der Waals surface area contributed by atoms with Gasteiger partial charge in [0.25, 0.3) is 0 Å². The lowest BCUT2D eigenvalue weighted by Gasteiger charge is -2.14. The summed E-state index contributed by atoms with van der Waals surface area (Å²) in [5.74, 6) is 0.815. The summed E-state index contributed by atoms with van der Waals surface area (Å²) >= 11 is 7.60. The monoisotopic (exact) mass is 279 g/mol. The Morgan fingerprint density at radius 3 is 2.11 bits per heavy atom. The molecule has 0 amide bonds. The van der Waals surface area contributed by atoms with Crippen LogP contribution in [0.4, 0.5) is 0 Å². The number of thiophene rings is 1. The van der Waals surface area contributed by atoms with Gasteiger partial charge in [0, 0.05) is 17.3 Å². The third-order valence-electron chi connectivity index (χ3n) is 3.18. The molecule has 0 aliphatic carbocycles. The van der Waals surface area contributed by atoms with E-state index in [1.165, 1.54) is 16.0 Å². The average molecular weight is 280 g/mol. The van der Waals surface area contributed by atoms with Crippen molar-refractivity contribution in [2.24, 2.45) is 5.73 Å². The Balaban J connectivity index is 2.28. The van der Waals surface area contributed by atoms with E-state index < -0.39 is 0 Å². The summed E-state index contributed by atoms with van der Waals surface area (Å²) < 4.78 is 0.822. The first-order valence-corrected chi connectivity index (χ1v) is 7.36. The maximum absolute atomic E-state index is 5.99. The predicted molar refractivity (Wildman–Crippen MR) is 80.8 cm³/mol. The van der Waals surface area contributed by atoms with Gasteiger partial charge in [-0.25, -0.2) is 0 Å². The fraction of sp³-hybridized carbons (Fsp3) is 0.333. The minimum Gasteiger partial charge on any atom is -0.329 e. The molecular formula is C15H18ClNS. The molecule has 0 spiro atoms. The Bertz CT molecular complexity index is 501. The third-order valence-corrected chi connectivity index (χ3v) is 4.52. The lowest BCUT2D eigenvalue weighted by Crippen LogP contribution is -2.12. The van der Waals surface area contributed by atoms with Crippen molar-refractivity contribution in [3.8, 4) is 0 Å². The Hall–Kier alpha value is -0.830. The summed E-state index contributed by atoms with van der Waals surface area (Å²) in [6.07, 6.45) is 0. The number of rotatable bonds is 4. The van der Waals surface area contributed by atoms with Crippen molar-refractivity contribution in [1.82, 2.24) is 0 Å². The molecule has 1 nitrogen and oxygen atoms in total. The van der Waals surface area contributed by atoms with E-state index in [1.54, 1.807) is 11.3 Å². The number of halogens is 1. The van der Waals surface area contributed by atoms with Gasteiger partial charge in [0.15, 0.2) is 0 Å². The molecule has 3 heteroatoms. The van der Waals surface area contributed by atoms with Gasteiger partial charge in [-0.3, -0.25) is 0 Å². The first-order chi connectivity index (χ1) is 8.61. The highest BCUT2D eigenvalue weighted by molar-refractivity contribution is 7.16. The quantitative estimate of drug-likeness (QED) is 0.869. The molecule has 0 radical (unpaired) electrons. The smallest absolute Gasteiger partial charge is 0.0931 e. The van der Waals surface area contributed by atoms with Gasteiger partial charge in [-0.2, -0.15) is 0 Å². The second-order valence-electron chi connectivity index (χ2n) is 4.75. The molecule has 0 fully saturated rings. The van der Waals surface area contributed by atoms with Crippen molar-refractivity contribution in [3.63, 3.8) is 0 Å². The lowest BCUT2D eigenvalue weighted by molar-refractivity contribution is 0.827. The summed E-state index contributed by atoms with van der Waals surface area (Å²) in [5, 5.41) is 0. The largest absolute Gasteiger partial charge is 0.329 e. The molecule has 1 aromatic carbocycles. The van der Waals surface area contributed by atoms with Crippen LogP contribution in [0.15, 0.2) is 36.4 Å². The fourth-order valence-electron chi connectivity index (χ4n) is 2.05. The zero-order valence-electron chi connectivity index (χ0n) is 10.7. The van der Waals surface area contributed by atoms with E-state index in [0.29, 0.717) is 12.5 Å². The summed E-state index contributed by atoms with van der Waals surface area (Å²) in [6, 6.07) is 12.8. The first kappa shape index (κ1) is 13.6. The zero-order chi connectivity index (χ0) is 13.1. The van der Waals surface area contributed by atoms with Crippen LogP contribution in [-0.2, 0) is 0 Å². The summed E-state index contributed by atoms with van der Waals surface area (Å²) in [4.78, 5) is 1.24. The molecule has 1 aromatic heterocycles. The lowest BCUT2D eigenvalue weighted by atomic mass is 9.94. The molecule has 0 saturated heterocycles. The topological polar surface area (TPSA) is 26.0 Å². The molecule has 0 aliphatic heterocycles. The molecule has 0 bridgehead atoms. The number of hydrogen-bond acceptors (Lipinski definition) is 2. The maximum Gasteiger partial charge on any atom is 0.0931 e. The van der Waals surface area contributed by atoms with Gasteiger partial charge in [0.1, 0.15) is 0 Å². The summed E-state index contributed by atoms with van der Waals surface area (Å²) in [7, 11) is 0. The Kier molecular flexibility index (Phi) is 4.44. The van der Waals surface area contributed by atoms with Gasteiger partial charge < -0.3 is 5.73 Å². The minimum absolute atomic E-state index is 0.253. The van der Waals surface area contributed by atoms with Crippen LogP contribution >= 0.6 is 22.9 Å². The van der Waals surface area contributed by atoms with Gasteiger partial charge in [-0.1, -0.05) is 49.7 Å². The van der Waals surface area contributed by atoms with Crippen LogP contribution in [0, 0.1) is 0 Å². The highest BCUT2D eigenvalue weighted by atomic mass is 35.5. The fourth-order valence-corrected chi connectivity index (χ4v) is 3.25. The Morgan fingerprint density at radius 2 is 1.67 bits per heavy atom. The van der Waals surface area contributed by atoms with E-state index in [4.69, 9.17) is 17.3 Å². The van der Waals surface area contributed by atoms with E-state index in [0.717, 1.165) is 4.34 Å². The Labute approximate surface area is 118 Å². The van der Waals surface area contributed by atoms with E-state index in [1.807, 2.05) is 6.07 Å². The van der Waals surface area contributed by atoms with Crippen molar-refractivity contribution < 1.29 is 0 Å². The minimum atomic E-state index is 0.253. The third kappa shape index (κ3) is 2.94. The number of hydrogen-bond donors (Lipinski definition) is 1. The summed E-state index contributed by atoms with van der Waals surface area (Å²) in [6.45, 7) is 5.01. The number of nitrogens with two attached hydrogens (primary N) is 1. The second kappa shape index (κ2) is 5.87. The van der Waals surface area contributed by atoms with Crippen LogP contribution in [0.2, 0.25) is 4.34 Å². The van der Waals surface area contributed by atoms with Crippen LogP contribution in [-0.4, -0.2) is 6.54 Å². The van der Waals surface area contributed by atoms with Gasteiger partial charge in [-0.05, 0) is 29.2 Å². The SMILES string of the molecule is CC(C)c1ccc(C(CN)c2ccc(Cl)s2)cc1. The van der Waals surface area contributed by atoms with Gasteiger partial charge >= 0.3 is 0 Å². The molecule has 1 unspecified atom stereocenters. The Morgan fingerprint density at radius 1 is 1.06 bits per heavy atom. The average Bonchev–Trinajstić information content (AvgIpc) is 2.77. The van der Waals surface area contributed by atoms with Crippen molar-refractivity contribution in [1.29, 1.82) is 0 Å². The van der Waals surface area contributed by atoms with Gasteiger partial charge in [0.05, 0.1) is 4.34 Å². The van der Waals surface area contributed by atoms with Crippen molar-refractivity contribution in [2.75, 3.05) is 6.54 Å². The summed E-state index contributed by atoms with van der Waals surface area (Å²) in [5.41, 5.74) is 8.53. The molecule has 2 rings (SSSR count). The normalized spacial score (nSPS) is 12.9. The van der Waals surface area contributed by atoms with E-state index in [9.17, 15) is 0 Å². The molecule has 96 valence electrons. The van der Waals surface area contributed by atoms with Crippen LogP contribution in [0.5, 0.6) is 0 Å². The molecule has 18 heavy (non-hydrogen) atoms. The molecule has 2 aromatic rings.